The Labute approximate surface area is 196 Å². The average Bonchev–Trinajstić information content (AvgIpc) is 2.75. The topological polar surface area (TPSA) is 75.7 Å². The molecule has 0 unspecified atom stereocenters. The molecule has 2 aromatic carbocycles. The van der Waals surface area contributed by atoms with E-state index in [1.165, 1.54) is 47.8 Å². The van der Waals surface area contributed by atoms with Crippen LogP contribution >= 0.6 is 0 Å². The number of sulfonamides is 1. The molecule has 1 amide bonds. The number of anilines is 1. The number of nitrogens with one attached hydrogen (secondary N) is 1. The number of rotatable bonds is 8. The molecule has 0 aliphatic heterocycles. The Balaban J connectivity index is 1.86. The van der Waals surface area contributed by atoms with Gasteiger partial charge in [-0.1, -0.05) is 32.1 Å². The second kappa shape index (κ2) is 11.5. The number of benzene rings is 2. The summed E-state index contributed by atoms with van der Waals surface area (Å²) in [5.41, 5.74) is 1.37. The van der Waals surface area contributed by atoms with Crippen LogP contribution in [0.1, 0.15) is 67.8 Å². The first-order chi connectivity index (χ1) is 15.8. The molecule has 8 heteroatoms. The maximum absolute atomic E-state index is 13.4. The molecule has 0 heterocycles. The van der Waals surface area contributed by atoms with Gasteiger partial charge in [-0.2, -0.15) is 0 Å². The number of ether oxygens (including phenoxy) is 1. The molecule has 0 aromatic heterocycles. The molecule has 33 heavy (non-hydrogen) atoms. The van der Waals surface area contributed by atoms with Crippen LogP contribution in [-0.2, 0) is 16.6 Å². The first-order valence-electron chi connectivity index (χ1n) is 11.6. The van der Waals surface area contributed by atoms with Crippen LogP contribution in [0, 0.1) is 5.82 Å². The van der Waals surface area contributed by atoms with Gasteiger partial charge < -0.3 is 10.1 Å². The zero-order valence-electron chi connectivity index (χ0n) is 19.3. The van der Waals surface area contributed by atoms with Gasteiger partial charge in [0.1, 0.15) is 11.6 Å². The van der Waals surface area contributed by atoms with E-state index < -0.39 is 15.8 Å². The van der Waals surface area contributed by atoms with Gasteiger partial charge in [-0.15, -0.1) is 0 Å². The monoisotopic (exact) mass is 476 g/mol. The van der Waals surface area contributed by atoms with Gasteiger partial charge in [0.15, 0.2) is 0 Å². The van der Waals surface area contributed by atoms with Crippen LogP contribution in [0.2, 0.25) is 0 Å². The van der Waals surface area contributed by atoms with Crippen molar-refractivity contribution in [3.63, 3.8) is 0 Å². The average molecular weight is 477 g/mol. The summed E-state index contributed by atoms with van der Waals surface area (Å²) in [6.45, 7) is 2.20. The summed E-state index contributed by atoms with van der Waals surface area (Å²) in [7, 11) is -3.67. The molecule has 2 aromatic rings. The molecular formula is C25H33FN2O4S. The quantitative estimate of drug-likeness (QED) is 0.580. The van der Waals surface area contributed by atoms with Crippen LogP contribution in [0.5, 0.6) is 5.75 Å². The molecule has 0 spiro atoms. The Hall–Kier alpha value is -2.61. The molecule has 1 saturated carbocycles. The minimum Gasteiger partial charge on any atom is -0.494 e. The fourth-order valence-electron chi connectivity index (χ4n) is 4.17. The van der Waals surface area contributed by atoms with Crippen LogP contribution in [0.3, 0.4) is 0 Å². The maximum atomic E-state index is 13.4. The first kappa shape index (κ1) is 25.0. The molecule has 180 valence electrons. The van der Waals surface area contributed by atoms with Crippen molar-refractivity contribution < 1.29 is 22.3 Å². The van der Waals surface area contributed by atoms with Crippen molar-refractivity contribution in [2.75, 3.05) is 17.2 Å². The highest BCUT2D eigenvalue weighted by molar-refractivity contribution is 7.92. The van der Waals surface area contributed by atoms with Gasteiger partial charge in [-0.25, -0.2) is 12.8 Å². The Kier molecular flexibility index (Phi) is 8.72. The molecule has 1 N–H and O–H groups in total. The van der Waals surface area contributed by atoms with Crippen LogP contribution in [0.25, 0.3) is 0 Å². The number of hydrogen-bond donors (Lipinski definition) is 1. The van der Waals surface area contributed by atoms with Gasteiger partial charge in [0.25, 0.3) is 5.91 Å². The molecule has 1 aliphatic carbocycles. The number of nitrogens with zero attached hydrogens (tertiary/aromatic N) is 1. The zero-order valence-corrected chi connectivity index (χ0v) is 20.2. The standard InChI is InChI=1S/C25H33FN2O4S/c1-3-32-24-16-11-19(25(29)27-22-9-7-5-4-6-8-10-22)17-20(24)18-28(33(2,30)31)23-14-12-21(26)13-15-23/h11-17,22H,3-10,18H2,1-2H3,(H,27,29). The van der Waals surface area contributed by atoms with Crippen molar-refractivity contribution in [1.29, 1.82) is 0 Å². The predicted molar refractivity (Wildman–Crippen MR) is 129 cm³/mol. The second-order valence-corrected chi connectivity index (χ2v) is 10.4. The molecule has 0 saturated heterocycles. The van der Waals surface area contributed by atoms with Gasteiger partial charge in [-0.3, -0.25) is 9.10 Å². The predicted octanol–water partition coefficient (Wildman–Crippen LogP) is 5.03. The smallest absolute Gasteiger partial charge is 0.251 e. The molecular weight excluding hydrogens is 443 g/mol. The van der Waals surface area contributed by atoms with Crippen molar-refractivity contribution in [3.8, 4) is 5.75 Å². The molecule has 1 fully saturated rings. The summed E-state index contributed by atoms with van der Waals surface area (Å²) >= 11 is 0. The Morgan fingerprint density at radius 3 is 2.30 bits per heavy atom. The van der Waals surface area contributed by atoms with E-state index in [1.54, 1.807) is 18.2 Å². The third-order valence-electron chi connectivity index (χ3n) is 5.89. The van der Waals surface area contributed by atoms with Crippen molar-refractivity contribution in [3.05, 3.63) is 59.4 Å². The van der Waals surface area contributed by atoms with Gasteiger partial charge >= 0.3 is 0 Å². The largest absolute Gasteiger partial charge is 0.494 e. The SMILES string of the molecule is CCOc1ccc(C(=O)NC2CCCCCCC2)cc1CN(c1ccc(F)cc1)S(C)(=O)=O. The minimum atomic E-state index is -3.67. The van der Waals surface area contributed by atoms with E-state index in [9.17, 15) is 17.6 Å². The number of carbonyl (C=O) groups is 1. The van der Waals surface area contributed by atoms with Gasteiger partial charge in [-0.05, 0) is 62.2 Å². The summed E-state index contributed by atoms with van der Waals surface area (Å²) in [6, 6.07) is 10.5. The van der Waals surface area contributed by atoms with E-state index in [1.807, 2.05) is 6.92 Å². The highest BCUT2D eigenvalue weighted by Gasteiger charge is 2.22. The van der Waals surface area contributed by atoms with Gasteiger partial charge in [0.2, 0.25) is 10.0 Å². The molecule has 0 radical (unpaired) electrons. The van der Waals surface area contributed by atoms with Crippen molar-refractivity contribution in [2.45, 2.75) is 64.5 Å². The third-order valence-corrected chi connectivity index (χ3v) is 7.03. The summed E-state index contributed by atoms with van der Waals surface area (Å²) < 4.78 is 45.4. The first-order valence-corrected chi connectivity index (χ1v) is 13.4. The normalized spacial score (nSPS) is 15.4. The van der Waals surface area contributed by atoms with Crippen molar-refractivity contribution in [1.82, 2.24) is 5.32 Å². The van der Waals surface area contributed by atoms with Gasteiger partial charge in [0, 0.05) is 17.2 Å². The Bertz CT molecular complexity index is 1030. The second-order valence-electron chi connectivity index (χ2n) is 8.52. The molecule has 3 rings (SSSR count). The van der Waals surface area contributed by atoms with E-state index in [4.69, 9.17) is 4.74 Å². The van der Waals surface area contributed by atoms with E-state index in [-0.39, 0.29) is 18.5 Å². The lowest BCUT2D eigenvalue weighted by atomic mass is 9.96. The summed E-state index contributed by atoms with van der Waals surface area (Å²) in [6.07, 6.45) is 8.93. The molecule has 1 aliphatic rings. The lowest BCUT2D eigenvalue weighted by Crippen LogP contribution is -2.35. The Morgan fingerprint density at radius 2 is 1.70 bits per heavy atom. The molecule has 6 nitrogen and oxygen atoms in total. The number of carbonyl (C=O) groups excluding carboxylic acids is 1. The van der Waals surface area contributed by atoms with E-state index in [0.29, 0.717) is 29.2 Å². The zero-order chi connectivity index (χ0) is 23.8. The highest BCUT2D eigenvalue weighted by atomic mass is 32.2. The van der Waals surface area contributed by atoms with Crippen LogP contribution in [0.15, 0.2) is 42.5 Å². The summed E-state index contributed by atoms with van der Waals surface area (Å²) in [4.78, 5) is 13.0. The maximum Gasteiger partial charge on any atom is 0.251 e. The van der Waals surface area contributed by atoms with Crippen molar-refractivity contribution >= 4 is 21.6 Å². The van der Waals surface area contributed by atoms with Crippen LogP contribution < -0.4 is 14.4 Å². The third kappa shape index (κ3) is 7.19. The number of amides is 1. The highest BCUT2D eigenvalue weighted by Crippen LogP contribution is 2.27. The van der Waals surface area contributed by atoms with E-state index in [0.717, 1.165) is 31.9 Å². The molecule has 0 atom stereocenters. The Morgan fingerprint density at radius 1 is 1.06 bits per heavy atom. The van der Waals surface area contributed by atoms with E-state index >= 15 is 0 Å². The fraction of sp³-hybridized carbons (Fsp3) is 0.480. The van der Waals surface area contributed by atoms with Crippen LogP contribution in [-0.4, -0.2) is 33.2 Å². The van der Waals surface area contributed by atoms with Crippen LogP contribution in [0.4, 0.5) is 10.1 Å². The summed E-state index contributed by atoms with van der Waals surface area (Å²) in [5, 5.41) is 3.15. The number of halogens is 1. The number of hydrogen-bond acceptors (Lipinski definition) is 4. The summed E-state index contributed by atoms with van der Waals surface area (Å²) in [5.74, 6) is -0.108. The molecule has 0 bridgehead atoms. The minimum absolute atomic E-state index is 0.0374. The van der Waals surface area contributed by atoms with Crippen molar-refractivity contribution in [2.24, 2.45) is 0 Å². The lowest BCUT2D eigenvalue weighted by molar-refractivity contribution is 0.0930. The van der Waals surface area contributed by atoms with Gasteiger partial charge in [0.05, 0.1) is 25.1 Å². The van der Waals surface area contributed by atoms with E-state index in [2.05, 4.69) is 5.32 Å². The lowest BCUT2D eigenvalue weighted by Gasteiger charge is -2.24. The fourth-order valence-corrected chi connectivity index (χ4v) is 5.05.